The minimum atomic E-state index is -5.47. The van der Waals surface area contributed by atoms with Crippen molar-refractivity contribution in [2.24, 2.45) is 0 Å². The quantitative estimate of drug-likeness (QED) is 0.413. The van der Waals surface area contributed by atoms with Crippen molar-refractivity contribution in [2.45, 2.75) is 5.51 Å². The van der Waals surface area contributed by atoms with Crippen LogP contribution < -0.4 is 4.72 Å². The summed E-state index contributed by atoms with van der Waals surface area (Å²) in [6, 6.07) is 4.09. The zero-order valence-corrected chi connectivity index (χ0v) is 13.1. The van der Waals surface area contributed by atoms with Crippen LogP contribution in [0.25, 0.3) is 0 Å². The number of phenols is 1. The summed E-state index contributed by atoms with van der Waals surface area (Å²) in [4.78, 5) is 11.5. The fourth-order valence-corrected chi connectivity index (χ4v) is 2.15. The molecular weight excluding hydrogens is 430 g/mol. The number of carbonyl (C=O) groups is 1. The third-order valence-corrected chi connectivity index (χ3v) is 3.98. The van der Waals surface area contributed by atoms with Crippen molar-refractivity contribution in [3.05, 3.63) is 27.3 Å². The van der Waals surface area contributed by atoms with Gasteiger partial charge in [0, 0.05) is 10.1 Å². The van der Waals surface area contributed by atoms with E-state index in [-0.39, 0.29) is 11.3 Å². The lowest BCUT2D eigenvalue weighted by Crippen LogP contribution is -2.38. The van der Waals surface area contributed by atoms with Gasteiger partial charge in [0.15, 0.2) is 0 Å². The second kappa shape index (κ2) is 6.79. The Kier molecular flexibility index (Phi) is 5.81. The molecule has 118 valence electrons. The van der Waals surface area contributed by atoms with E-state index in [9.17, 15) is 31.5 Å². The number of sulfonamides is 1. The van der Waals surface area contributed by atoms with Crippen molar-refractivity contribution in [1.82, 2.24) is 4.72 Å². The topological polar surface area (TPSA) is 92.7 Å². The first kappa shape index (κ1) is 18.0. The highest BCUT2D eigenvalue weighted by atomic mass is 127. The fourth-order valence-electron chi connectivity index (χ4n) is 1.16. The minimum Gasteiger partial charge on any atom is -0.507 e. The summed E-state index contributed by atoms with van der Waals surface area (Å²) in [6.45, 7) is -1.35. The molecule has 0 aliphatic heterocycles. The summed E-state index contributed by atoms with van der Waals surface area (Å²) >= 11 is 1.90. The molecule has 0 saturated carbocycles. The third kappa shape index (κ3) is 5.00. The molecule has 0 aliphatic carbocycles. The Morgan fingerprint density at radius 1 is 1.38 bits per heavy atom. The standard InChI is InChI=1S/C10H9F3INO5S/c11-10(12,13)21(18,19)15-3-4-20-9(17)7-2-1-6(14)5-8(7)16/h1-2,5,15-16H,3-4H2. The highest BCUT2D eigenvalue weighted by Gasteiger charge is 2.45. The van der Waals surface area contributed by atoms with Gasteiger partial charge in [-0.25, -0.2) is 17.9 Å². The number of halogens is 4. The minimum absolute atomic E-state index is 0.172. The molecule has 0 fully saturated rings. The molecule has 0 radical (unpaired) electrons. The van der Waals surface area contributed by atoms with E-state index in [0.717, 1.165) is 0 Å². The molecular formula is C10H9F3INO5S. The summed E-state index contributed by atoms with van der Waals surface area (Å²) in [6.07, 6.45) is 0. The molecule has 21 heavy (non-hydrogen) atoms. The average Bonchev–Trinajstić information content (AvgIpc) is 2.33. The maximum absolute atomic E-state index is 12.0. The van der Waals surface area contributed by atoms with Gasteiger partial charge in [0.2, 0.25) is 0 Å². The summed E-state index contributed by atoms with van der Waals surface area (Å²) in [5.41, 5.74) is -5.60. The van der Waals surface area contributed by atoms with Crippen LogP contribution in [0.15, 0.2) is 18.2 Å². The Hall–Kier alpha value is -1.08. The maximum atomic E-state index is 12.0. The molecule has 0 saturated heterocycles. The molecule has 1 aromatic rings. The molecule has 0 unspecified atom stereocenters. The number of alkyl halides is 3. The number of ether oxygens (including phenoxy) is 1. The molecule has 11 heteroatoms. The van der Waals surface area contributed by atoms with E-state index in [1.807, 2.05) is 22.6 Å². The van der Waals surface area contributed by atoms with E-state index in [4.69, 9.17) is 0 Å². The van der Waals surface area contributed by atoms with Crippen molar-refractivity contribution in [2.75, 3.05) is 13.2 Å². The van der Waals surface area contributed by atoms with Crippen LogP contribution in [0.5, 0.6) is 5.75 Å². The summed E-state index contributed by atoms with van der Waals surface area (Å²) in [7, 11) is -5.47. The Bertz CT molecular complexity index is 632. The van der Waals surface area contributed by atoms with Crippen molar-refractivity contribution in [1.29, 1.82) is 0 Å². The summed E-state index contributed by atoms with van der Waals surface area (Å²) < 4.78 is 63.7. The molecule has 2 N–H and O–H groups in total. The lowest BCUT2D eigenvalue weighted by molar-refractivity contribution is -0.0448. The zero-order chi connectivity index (χ0) is 16.3. The number of phenolic OH excluding ortho intramolecular Hbond substituents is 1. The van der Waals surface area contributed by atoms with Crippen LogP contribution in [0.4, 0.5) is 13.2 Å². The Morgan fingerprint density at radius 2 is 2.00 bits per heavy atom. The average molecular weight is 439 g/mol. The van der Waals surface area contributed by atoms with E-state index in [2.05, 4.69) is 4.74 Å². The number of hydrogen-bond donors (Lipinski definition) is 2. The number of esters is 1. The van der Waals surface area contributed by atoms with E-state index in [1.165, 1.54) is 22.9 Å². The molecule has 0 heterocycles. The van der Waals surface area contributed by atoms with Gasteiger partial charge >= 0.3 is 21.5 Å². The van der Waals surface area contributed by atoms with Crippen LogP contribution in [0.2, 0.25) is 0 Å². The predicted molar refractivity (Wildman–Crippen MR) is 74.1 cm³/mol. The second-order valence-corrected chi connectivity index (χ2v) is 6.64. The molecule has 0 amide bonds. The van der Waals surface area contributed by atoms with Gasteiger partial charge in [0.1, 0.15) is 17.9 Å². The third-order valence-electron chi connectivity index (χ3n) is 2.11. The van der Waals surface area contributed by atoms with E-state index < -0.39 is 34.7 Å². The van der Waals surface area contributed by atoms with Crippen LogP contribution in [-0.2, 0) is 14.8 Å². The largest absolute Gasteiger partial charge is 0.511 e. The van der Waals surface area contributed by atoms with Gasteiger partial charge in [0.05, 0.1) is 0 Å². The van der Waals surface area contributed by atoms with Crippen LogP contribution in [0.1, 0.15) is 10.4 Å². The van der Waals surface area contributed by atoms with Gasteiger partial charge in [-0.2, -0.15) is 13.2 Å². The van der Waals surface area contributed by atoms with Crippen molar-refractivity contribution >= 4 is 38.6 Å². The number of hydrogen-bond acceptors (Lipinski definition) is 5. The normalized spacial score (nSPS) is 12.2. The molecule has 0 aromatic heterocycles. The molecule has 1 rings (SSSR count). The molecule has 0 bridgehead atoms. The second-order valence-electron chi connectivity index (χ2n) is 3.64. The Labute approximate surface area is 131 Å². The molecule has 1 aromatic carbocycles. The first-order valence-electron chi connectivity index (χ1n) is 5.26. The van der Waals surface area contributed by atoms with E-state index >= 15 is 0 Å². The monoisotopic (exact) mass is 439 g/mol. The summed E-state index contributed by atoms with van der Waals surface area (Å²) in [5, 5.41) is 9.49. The smallest absolute Gasteiger partial charge is 0.507 e. The Balaban J connectivity index is 2.52. The summed E-state index contributed by atoms with van der Waals surface area (Å²) in [5.74, 6) is -1.32. The number of aromatic hydroxyl groups is 1. The highest BCUT2D eigenvalue weighted by Crippen LogP contribution is 2.22. The van der Waals surface area contributed by atoms with Crippen LogP contribution in [0.3, 0.4) is 0 Å². The lowest BCUT2D eigenvalue weighted by atomic mass is 10.2. The molecule has 6 nitrogen and oxygen atoms in total. The van der Waals surface area contributed by atoms with Crippen LogP contribution >= 0.6 is 22.6 Å². The molecule has 0 atom stereocenters. The maximum Gasteiger partial charge on any atom is 0.511 e. The van der Waals surface area contributed by atoms with Gasteiger partial charge in [-0.1, -0.05) is 0 Å². The number of benzene rings is 1. The molecule has 0 aliphatic rings. The van der Waals surface area contributed by atoms with Gasteiger partial charge in [-0.05, 0) is 40.8 Å². The van der Waals surface area contributed by atoms with E-state index in [0.29, 0.717) is 3.57 Å². The van der Waals surface area contributed by atoms with Crippen LogP contribution in [0, 0.1) is 3.57 Å². The van der Waals surface area contributed by atoms with E-state index in [1.54, 1.807) is 0 Å². The van der Waals surface area contributed by atoms with Crippen molar-refractivity contribution in [3.8, 4) is 5.75 Å². The number of nitrogens with one attached hydrogen (secondary N) is 1. The van der Waals surface area contributed by atoms with Gasteiger partial charge in [-0.15, -0.1) is 0 Å². The zero-order valence-electron chi connectivity index (χ0n) is 10.1. The van der Waals surface area contributed by atoms with Crippen molar-refractivity contribution < 1.29 is 36.2 Å². The van der Waals surface area contributed by atoms with Gasteiger partial charge < -0.3 is 9.84 Å². The predicted octanol–water partition coefficient (Wildman–Crippen LogP) is 1.59. The Morgan fingerprint density at radius 3 is 2.52 bits per heavy atom. The first-order chi connectivity index (χ1) is 9.54. The number of rotatable bonds is 5. The fraction of sp³-hybridized carbons (Fsp3) is 0.300. The van der Waals surface area contributed by atoms with Crippen molar-refractivity contribution in [3.63, 3.8) is 0 Å². The SMILES string of the molecule is O=C(OCCNS(=O)(=O)C(F)(F)F)c1ccc(I)cc1O. The number of carbonyl (C=O) groups excluding carboxylic acids is 1. The van der Waals surface area contributed by atoms with Gasteiger partial charge in [0.25, 0.3) is 0 Å². The molecule has 0 spiro atoms. The van der Waals surface area contributed by atoms with Crippen LogP contribution in [-0.4, -0.2) is 38.2 Å². The lowest BCUT2D eigenvalue weighted by Gasteiger charge is -2.10. The van der Waals surface area contributed by atoms with Gasteiger partial charge in [-0.3, -0.25) is 0 Å². The highest BCUT2D eigenvalue weighted by molar-refractivity contribution is 14.1. The first-order valence-corrected chi connectivity index (χ1v) is 7.82.